The number of nitrogens with one attached hydrogen (secondary N) is 2. The molecule has 3 fully saturated rings. The second-order valence-electron chi connectivity index (χ2n) is 10.4. The Hall–Kier alpha value is -2.43. The molecule has 0 radical (unpaired) electrons. The van der Waals surface area contributed by atoms with Gasteiger partial charge in [0.25, 0.3) is 0 Å². The first-order valence-electron chi connectivity index (χ1n) is 12.1. The summed E-state index contributed by atoms with van der Waals surface area (Å²) in [6.45, 7) is 12.6. The Morgan fingerprint density at radius 1 is 1.24 bits per heavy atom. The Morgan fingerprint density at radius 2 is 1.94 bits per heavy atom. The van der Waals surface area contributed by atoms with Crippen LogP contribution in [0.25, 0.3) is 10.9 Å². The third kappa shape index (κ3) is 4.34. The van der Waals surface area contributed by atoms with Crippen LogP contribution in [0.1, 0.15) is 46.1 Å². The molecule has 1 saturated carbocycles. The number of sulfonamides is 1. The second-order valence-corrected chi connectivity index (χ2v) is 12.1. The van der Waals surface area contributed by atoms with Gasteiger partial charge in [-0.2, -0.15) is 5.10 Å². The van der Waals surface area contributed by atoms with Gasteiger partial charge in [-0.05, 0) is 58.2 Å². The number of benzene rings is 1. The molecule has 1 amide bonds. The number of aromatic nitrogens is 2. The van der Waals surface area contributed by atoms with Gasteiger partial charge in [-0.25, -0.2) is 13.1 Å². The van der Waals surface area contributed by atoms with Crippen molar-refractivity contribution in [2.45, 2.75) is 68.6 Å². The summed E-state index contributed by atoms with van der Waals surface area (Å²) in [5.41, 5.74) is 1.32. The van der Waals surface area contributed by atoms with Crippen LogP contribution in [0.5, 0.6) is 0 Å². The van der Waals surface area contributed by atoms with Crippen LogP contribution in [-0.4, -0.2) is 72.8 Å². The topological polar surface area (TPSA) is 99.6 Å². The highest BCUT2D eigenvalue weighted by Crippen LogP contribution is 2.38. The summed E-state index contributed by atoms with van der Waals surface area (Å²) in [5.74, 6) is -0.0893. The van der Waals surface area contributed by atoms with Crippen molar-refractivity contribution < 1.29 is 13.2 Å². The summed E-state index contributed by atoms with van der Waals surface area (Å²) in [5, 5.41) is 9.18. The van der Waals surface area contributed by atoms with Crippen LogP contribution < -0.4 is 14.9 Å². The zero-order valence-corrected chi connectivity index (χ0v) is 20.9. The van der Waals surface area contributed by atoms with Crippen LogP contribution in [0.4, 0.5) is 5.69 Å². The molecule has 2 aromatic rings. The minimum Gasteiger partial charge on any atom is -0.368 e. The maximum Gasteiger partial charge on any atom is 0.246 e. The van der Waals surface area contributed by atoms with E-state index in [1.807, 2.05) is 17.8 Å². The van der Waals surface area contributed by atoms with Gasteiger partial charge in [-0.3, -0.25) is 9.48 Å². The number of nitrogens with zero attached hydrogens (tertiary/aromatic N) is 4. The van der Waals surface area contributed by atoms with E-state index in [0.29, 0.717) is 13.1 Å². The number of amides is 1. The molecule has 2 N–H and O–H groups in total. The van der Waals surface area contributed by atoms with Gasteiger partial charge in [0.15, 0.2) is 0 Å². The molecule has 2 saturated heterocycles. The number of piperazine rings is 1. The van der Waals surface area contributed by atoms with Crippen molar-refractivity contribution in [3.05, 3.63) is 31.0 Å². The maximum absolute atomic E-state index is 13.4. The van der Waals surface area contributed by atoms with E-state index < -0.39 is 10.0 Å². The molecule has 1 aromatic carbocycles. The quantitative estimate of drug-likeness (QED) is 0.606. The lowest BCUT2D eigenvalue weighted by atomic mass is 10.1. The molecule has 3 aliphatic rings. The van der Waals surface area contributed by atoms with Gasteiger partial charge in [-0.1, -0.05) is 6.58 Å². The normalized spacial score (nSPS) is 26.7. The van der Waals surface area contributed by atoms with E-state index in [-0.39, 0.29) is 34.5 Å². The highest BCUT2D eigenvalue weighted by Gasteiger charge is 2.41. The third-order valence-corrected chi connectivity index (χ3v) is 8.87. The van der Waals surface area contributed by atoms with Crippen molar-refractivity contribution in [3.63, 3.8) is 0 Å². The summed E-state index contributed by atoms with van der Waals surface area (Å²) in [7, 11) is -3.69. The maximum atomic E-state index is 13.4. The molecule has 1 unspecified atom stereocenters. The molecule has 3 atom stereocenters. The molecule has 0 bridgehead atoms. The van der Waals surface area contributed by atoms with Crippen molar-refractivity contribution in [1.29, 1.82) is 0 Å². The summed E-state index contributed by atoms with van der Waals surface area (Å²) in [6.07, 6.45) is 5.64. The van der Waals surface area contributed by atoms with Crippen LogP contribution in [-0.2, 0) is 14.8 Å². The van der Waals surface area contributed by atoms with Gasteiger partial charge in [0.05, 0.1) is 22.7 Å². The average Bonchev–Trinajstić information content (AvgIpc) is 3.17. The van der Waals surface area contributed by atoms with Crippen LogP contribution in [0.2, 0.25) is 0 Å². The van der Waals surface area contributed by atoms with Gasteiger partial charge in [0, 0.05) is 54.9 Å². The number of fused-ring (bicyclic) bond motifs is 1. The first-order chi connectivity index (χ1) is 16.1. The van der Waals surface area contributed by atoms with Gasteiger partial charge < -0.3 is 15.1 Å². The third-order valence-electron chi connectivity index (χ3n) is 7.25. The summed E-state index contributed by atoms with van der Waals surface area (Å²) in [4.78, 5) is 16.4. The highest BCUT2D eigenvalue weighted by molar-refractivity contribution is 7.89. The van der Waals surface area contributed by atoms with Crippen LogP contribution in [0.3, 0.4) is 0 Å². The summed E-state index contributed by atoms with van der Waals surface area (Å²) in [6, 6.07) is 4.10. The Labute approximate surface area is 201 Å². The van der Waals surface area contributed by atoms with Crippen molar-refractivity contribution >= 4 is 32.5 Å². The van der Waals surface area contributed by atoms with E-state index in [4.69, 9.17) is 5.10 Å². The number of hydrogen-bond acceptors (Lipinski definition) is 6. The lowest BCUT2D eigenvalue weighted by Crippen LogP contribution is -2.54. The lowest BCUT2D eigenvalue weighted by molar-refractivity contribution is -0.125. The van der Waals surface area contributed by atoms with Crippen molar-refractivity contribution in [3.8, 4) is 0 Å². The highest BCUT2D eigenvalue weighted by atomic mass is 32.2. The number of carbonyl (C=O) groups excluding carboxylic acids is 1. The van der Waals surface area contributed by atoms with Gasteiger partial charge in [0.2, 0.25) is 15.9 Å². The van der Waals surface area contributed by atoms with Crippen molar-refractivity contribution in [2.75, 3.05) is 31.1 Å². The summed E-state index contributed by atoms with van der Waals surface area (Å²) >= 11 is 0. The fraction of sp³-hybridized carbons (Fsp3) is 0.583. The Morgan fingerprint density at radius 3 is 2.59 bits per heavy atom. The molecular weight excluding hydrogens is 452 g/mol. The van der Waals surface area contributed by atoms with Gasteiger partial charge >= 0.3 is 0 Å². The largest absolute Gasteiger partial charge is 0.368 e. The van der Waals surface area contributed by atoms with Gasteiger partial charge in [0.1, 0.15) is 0 Å². The molecule has 10 heteroatoms. The van der Waals surface area contributed by atoms with Gasteiger partial charge in [-0.15, -0.1) is 0 Å². The molecule has 5 rings (SSSR count). The predicted octanol–water partition coefficient (Wildman–Crippen LogP) is 2.01. The first-order valence-corrected chi connectivity index (χ1v) is 13.5. The zero-order chi connectivity index (χ0) is 24.3. The number of hydrogen-bond donors (Lipinski definition) is 2. The molecule has 1 aromatic heterocycles. The lowest BCUT2D eigenvalue weighted by Gasteiger charge is -2.38. The predicted molar refractivity (Wildman–Crippen MR) is 132 cm³/mol. The smallest absolute Gasteiger partial charge is 0.246 e. The number of anilines is 1. The number of carbonyl (C=O) groups is 1. The summed E-state index contributed by atoms with van der Waals surface area (Å²) < 4.78 is 31.6. The van der Waals surface area contributed by atoms with Crippen LogP contribution >= 0.6 is 0 Å². The Balaban J connectivity index is 1.59. The van der Waals surface area contributed by atoms with E-state index in [1.165, 1.54) is 6.08 Å². The minimum absolute atomic E-state index is 0.0121. The molecule has 34 heavy (non-hydrogen) atoms. The zero-order valence-electron chi connectivity index (χ0n) is 20.1. The Kier molecular flexibility index (Phi) is 5.73. The fourth-order valence-electron chi connectivity index (χ4n) is 5.28. The monoisotopic (exact) mass is 486 g/mol. The van der Waals surface area contributed by atoms with Crippen molar-refractivity contribution in [1.82, 2.24) is 24.7 Å². The molecule has 0 spiro atoms. The SMILES string of the molecule is C=CC(=O)N1CCC(n2ncc3c(N4C[C@@H](C)N[C@@H](C)C4)cc(S(=O)(=O)NC4(C)CC4)cc32)C1. The molecule has 2 aliphatic heterocycles. The molecule has 3 heterocycles. The molecule has 1 aliphatic carbocycles. The van der Waals surface area contributed by atoms with E-state index in [1.54, 1.807) is 17.0 Å². The Bertz CT molecular complexity index is 1220. The second kappa shape index (κ2) is 8.35. The molecular formula is C24H34N6O3S. The fourth-order valence-corrected chi connectivity index (χ4v) is 6.78. The van der Waals surface area contributed by atoms with E-state index in [9.17, 15) is 13.2 Å². The van der Waals surface area contributed by atoms with Crippen molar-refractivity contribution in [2.24, 2.45) is 0 Å². The minimum atomic E-state index is -3.69. The average molecular weight is 487 g/mol. The molecule has 9 nitrogen and oxygen atoms in total. The van der Waals surface area contributed by atoms with Crippen LogP contribution in [0, 0.1) is 0 Å². The standard InChI is InChI=1S/C24H34N6O3S/c1-5-23(31)28-9-6-18(15-28)30-22-11-19(34(32,33)27-24(4)7-8-24)10-21(20(22)12-25-30)29-13-16(2)26-17(3)14-29/h5,10-12,16-18,26-27H,1,6-9,13-15H2,2-4H3/t16-,17+,18?. The van der Waals surface area contributed by atoms with E-state index >= 15 is 0 Å². The first kappa shape index (κ1) is 23.3. The molecule has 184 valence electrons. The van der Waals surface area contributed by atoms with E-state index in [2.05, 4.69) is 35.4 Å². The number of likely N-dealkylation sites (tertiary alicyclic amines) is 1. The number of rotatable bonds is 6. The van der Waals surface area contributed by atoms with E-state index in [0.717, 1.165) is 48.9 Å². The van der Waals surface area contributed by atoms with Crippen LogP contribution in [0.15, 0.2) is 35.9 Å².